The van der Waals surface area contributed by atoms with Crippen LogP contribution in [-0.4, -0.2) is 34.4 Å². The normalized spacial score (nSPS) is 14.2. The van der Waals surface area contributed by atoms with E-state index in [1.54, 1.807) is 31.9 Å². The zero-order valence-electron chi connectivity index (χ0n) is 10.1. The van der Waals surface area contributed by atoms with Crippen LogP contribution in [0, 0.1) is 0 Å². The van der Waals surface area contributed by atoms with Gasteiger partial charge in [-0.2, -0.15) is 0 Å². The molecule has 0 radical (unpaired) electrons. The van der Waals surface area contributed by atoms with Gasteiger partial charge in [0.25, 0.3) is 0 Å². The number of carboxylic acids is 1. The Hall–Kier alpha value is -1.07. The second-order valence-corrected chi connectivity index (χ2v) is 5.12. The summed E-state index contributed by atoms with van der Waals surface area (Å²) in [6, 6.07) is 5.79. The minimum atomic E-state index is -0.829. The number of carbonyl (C=O) groups is 1. The molecule has 1 unspecified atom stereocenters. The fraction of sp³-hybridized carbons (Fsp3) is 0.500. The van der Waals surface area contributed by atoms with Gasteiger partial charge in [-0.3, -0.25) is 4.79 Å². The predicted molar refractivity (Wildman–Crippen MR) is 69.3 cm³/mol. The van der Waals surface area contributed by atoms with Crippen LogP contribution >= 0.6 is 11.8 Å². The van der Waals surface area contributed by atoms with Crippen molar-refractivity contribution in [2.75, 3.05) is 12.8 Å². The Morgan fingerprint density at radius 2 is 2.35 bits per heavy atom. The molecule has 1 atom stereocenters. The Morgan fingerprint density at radius 3 is 2.88 bits per heavy atom. The maximum atomic E-state index is 11.0. The van der Waals surface area contributed by atoms with Gasteiger partial charge in [0.2, 0.25) is 0 Å². The number of carboxylic acid groups (broad SMARTS) is 1. The van der Waals surface area contributed by atoms with Gasteiger partial charge in [0, 0.05) is 6.20 Å². The minimum Gasteiger partial charge on any atom is -0.480 e. The average Bonchev–Trinajstić information content (AvgIpc) is 2.35. The van der Waals surface area contributed by atoms with E-state index >= 15 is 0 Å². The first kappa shape index (κ1) is 14.0. The van der Waals surface area contributed by atoms with E-state index in [-0.39, 0.29) is 0 Å². The first-order valence-electron chi connectivity index (χ1n) is 5.54. The second kappa shape index (κ2) is 6.61. The number of rotatable bonds is 7. The lowest BCUT2D eigenvalue weighted by molar-refractivity contribution is -0.144. The van der Waals surface area contributed by atoms with Crippen LogP contribution in [0.1, 0.15) is 19.8 Å². The van der Waals surface area contributed by atoms with Crippen molar-refractivity contribution in [2.24, 2.45) is 0 Å². The number of nitrogens with zero attached hydrogens (tertiary/aromatic N) is 1. The summed E-state index contributed by atoms with van der Waals surface area (Å²) in [5, 5.41) is 12.9. The summed E-state index contributed by atoms with van der Waals surface area (Å²) in [6.45, 7) is 1.71. The van der Waals surface area contributed by atoms with Crippen LogP contribution in [0.5, 0.6) is 0 Å². The SMILES string of the molecule is CNC(C)(CCCSc1ccccn1)C(=O)O. The maximum absolute atomic E-state index is 11.0. The Balaban J connectivity index is 2.31. The fourth-order valence-corrected chi connectivity index (χ4v) is 2.18. The molecule has 94 valence electrons. The Bertz CT molecular complexity index is 359. The van der Waals surface area contributed by atoms with Crippen LogP contribution in [0.25, 0.3) is 0 Å². The number of hydrogen-bond donors (Lipinski definition) is 2. The van der Waals surface area contributed by atoms with E-state index in [4.69, 9.17) is 5.11 Å². The van der Waals surface area contributed by atoms with Crippen molar-refractivity contribution in [3.8, 4) is 0 Å². The third-order valence-corrected chi connectivity index (χ3v) is 3.76. The third-order valence-electron chi connectivity index (χ3n) is 2.73. The quantitative estimate of drug-likeness (QED) is 0.576. The van der Waals surface area contributed by atoms with E-state index in [0.29, 0.717) is 6.42 Å². The number of likely N-dealkylation sites (N-methyl/N-ethyl adjacent to an activating group) is 1. The lowest BCUT2D eigenvalue weighted by Crippen LogP contribution is -2.47. The molecule has 0 aliphatic rings. The summed E-state index contributed by atoms with van der Waals surface area (Å²) >= 11 is 1.65. The molecule has 0 amide bonds. The average molecular weight is 254 g/mol. The highest BCUT2D eigenvalue weighted by atomic mass is 32.2. The second-order valence-electron chi connectivity index (χ2n) is 4.01. The first-order chi connectivity index (χ1) is 8.08. The zero-order chi connectivity index (χ0) is 12.7. The smallest absolute Gasteiger partial charge is 0.323 e. The highest BCUT2D eigenvalue weighted by molar-refractivity contribution is 7.99. The largest absolute Gasteiger partial charge is 0.480 e. The molecule has 0 saturated carbocycles. The van der Waals surface area contributed by atoms with E-state index in [2.05, 4.69) is 10.3 Å². The van der Waals surface area contributed by atoms with Crippen LogP contribution in [0.3, 0.4) is 0 Å². The van der Waals surface area contributed by atoms with E-state index in [1.807, 2.05) is 18.2 Å². The summed E-state index contributed by atoms with van der Waals surface area (Å²) in [5.74, 6) is 0.0736. The summed E-state index contributed by atoms with van der Waals surface area (Å²) in [7, 11) is 1.68. The molecule has 1 rings (SSSR count). The molecule has 0 fully saturated rings. The van der Waals surface area contributed by atoms with Crippen LogP contribution in [0.15, 0.2) is 29.4 Å². The maximum Gasteiger partial charge on any atom is 0.323 e. The first-order valence-corrected chi connectivity index (χ1v) is 6.53. The molecule has 0 saturated heterocycles. The van der Waals surface area contributed by atoms with Crippen molar-refractivity contribution >= 4 is 17.7 Å². The minimum absolute atomic E-state index is 0.610. The number of pyridine rings is 1. The molecule has 2 N–H and O–H groups in total. The van der Waals surface area contributed by atoms with Gasteiger partial charge in [-0.1, -0.05) is 6.07 Å². The molecular weight excluding hydrogens is 236 g/mol. The van der Waals surface area contributed by atoms with Crippen molar-refractivity contribution in [3.05, 3.63) is 24.4 Å². The van der Waals surface area contributed by atoms with Crippen LogP contribution in [-0.2, 0) is 4.79 Å². The molecule has 0 bridgehead atoms. The Kier molecular flexibility index (Phi) is 5.44. The number of thioether (sulfide) groups is 1. The fourth-order valence-electron chi connectivity index (χ4n) is 1.37. The van der Waals surface area contributed by atoms with Gasteiger partial charge >= 0.3 is 5.97 Å². The molecule has 0 aliphatic carbocycles. The third kappa shape index (κ3) is 4.36. The van der Waals surface area contributed by atoms with E-state index in [0.717, 1.165) is 17.2 Å². The van der Waals surface area contributed by atoms with Gasteiger partial charge < -0.3 is 10.4 Å². The number of hydrogen-bond acceptors (Lipinski definition) is 4. The molecule has 17 heavy (non-hydrogen) atoms. The lowest BCUT2D eigenvalue weighted by Gasteiger charge is -2.23. The van der Waals surface area contributed by atoms with Gasteiger partial charge in [0.1, 0.15) is 5.54 Å². The van der Waals surface area contributed by atoms with E-state index < -0.39 is 11.5 Å². The van der Waals surface area contributed by atoms with Crippen LogP contribution in [0.4, 0.5) is 0 Å². The molecule has 0 aliphatic heterocycles. The molecule has 0 spiro atoms. The predicted octanol–water partition coefficient (Wildman–Crippen LogP) is 2.02. The van der Waals surface area contributed by atoms with Gasteiger partial charge in [0.15, 0.2) is 0 Å². The van der Waals surface area contributed by atoms with Gasteiger partial charge in [-0.15, -0.1) is 11.8 Å². The highest BCUT2D eigenvalue weighted by Crippen LogP contribution is 2.19. The molecule has 5 heteroatoms. The van der Waals surface area contributed by atoms with Crippen LogP contribution < -0.4 is 5.32 Å². The van der Waals surface area contributed by atoms with Crippen LogP contribution in [0.2, 0.25) is 0 Å². The topological polar surface area (TPSA) is 62.2 Å². The van der Waals surface area contributed by atoms with E-state index in [1.165, 1.54) is 0 Å². The molecule has 4 nitrogen and oxygen atoms in total. The Morgan fingerprint density at radius 1 is 1.59 bits per heavy atom. The summed E-state index contributed by atoms with van der Waals surface area (Å²) < 4.78 is 0. The standard InChI is InChI=1S/C12H18N2O2S/c1-12(13-2,11(15)16)7-5-9-17-10-6-3-4-8-14-10/h3-4,6,8,13H,5,7,9H2,1-2H3,(H,15,16). The van der Waals surface area contributed by atoms with Crippen molar-refractivity contribution in [3.63, 3.8) is 0 Å². The molecule has 0 aromatic carbocycles. The van der Waals surface area contributed by atoms with Crippen molar-refractivity contribution in [1.29, 1.82) is 0 Å². The van der Waals surface area contributed by atoms with Crippen molar-refractivity contribution in [1.82, 2.24) is 10.3 Å². The van der Waals surface area contributed by atoms with Crippen molar-refractivity contribution in [2.45, 2.75) is 30.3 Å². The summed E-state index contributed by atoms with van der Waals surface area (Å²) in [6.07, 6.45) is 3.21. The van der Waals surface area contributed by atoms with E-state index in [9.17, 15) is 4.79 Å². The summed E-state index contributed by atoms with van der Waals surface area (Å²) in [5.41, 5.74) is -0.829. The van der Waals surface area contributed by atoms with Gasteiger partial charge in [0.05, 0.1) is 5.03 Å². The number of nitrogens with one attached hydrogen (secondary N) is 1. The molecule has 1 heterocycles. The monoisotopic (exact) mass is 254 g/mol. The van der Waals surface area contributed by atoms with Crippen molar-refractivity contribution < 1.29 is 9.90 Å². The molecular formula is C12H18N2O2S. The molecule has 1 aromatic heterocycles. The summed E-state index contributed by atoms with van der Waals surface area (Å²) in [4.78, 5) is 15.2. The van der Waals surface area contributed by atoms with Gasteiger partial charge in [-0.25, -0.2) is 4.98 Å². The Labute approximate surface area is 106 Å². The van der Waals surface area contributed by atoms with Gasteiger partial charge in [-0.05, 0) is 44.7 Å². The molecule has 1 aromatic rings. The highest BCUT2D eigenvalue weighted by Gasteiger charge is 2.30. The number of aliphatic carboxylic acids is 1. The number of aromatic nitrogens is 1. The lowest BCUT2D eigenvalue weighted by atomic mass is 9.97. The zero-order valence-corrected chi connectivity index (χ0v) is 11.0.